The number of benzene rings is 7. The number of halogens is 6. The maximum absolute atomic E-state index is 14.7. The van der Waals surface area contributed by atoms with Crippen LogP contribution in [0.1, 0.15) is 27.8 Å². The van der Waals surface area contributed by atoms with Crippen molar-refractivity contribution in [3.63, 3.8) is 0 Å². The van der Waals surface area contributed by atoms with Crippen LogP contribution >= 0.6 is 0 Å². The van der Waals surface area contributed by atoms with Gasteiger partial charge in [-0.2, -0.15) is 42.1 Å². The van der Waals surface area contributed by atoms with Crippen LogP contribution in [0.25, 0.3) is 86.9 Å². The van der Waals surface area contributed by atoms with Crippen molar-refractivity contribution in [3.05, 3.63) is 178 Å². The van der Waals surface area contributed by atoms with E-state index in [9.17, 15) is 42.1 Å². The summed E-state index contributed by atoms with van der Waals surface area (Å²) in [6, 6.07) is 37.3. The number of nitrogens with zero attached hydrogens (tertiary/aromatic N) is 7. The second-order valence-electron chi connectivity index (χ2n) is 14.3. The molecule has 0 spiro atoms. The van der Waals surface area contributed by atoms with Gasteiger partial charge in [0.15, 0.2) is 11.4 Å². The van der Waals surface area contributed by atoms with Crippen LogP contribution in [0.4, 0.5) is 37.7 Å². The van der Waals surface area contributed by atoms with E-state index in [0.717, 1.165) is 6.07 Å². The number of hydrogen-bond acceptors (Lipinski definition) is 3. The van der Waals surface area contributed by atoms with Crippen LogP contribution in [0.15, 0.2) is 127 Å². The Balaban J connectivity index is 1.39. The first kappa shape index (κ1) is 38.7. The van der Waals surface area contributed by atoms with E-state index in [0.29, 0.717) is 83.4 Å². The molecule has 0 amide bonds. The summed E-state index contributed by atoms with van der Waals surface area (Å²) in [5.74, 6) is 0. The topological polar surface area (TPSA) is 90.0 Å². The minimum absolute atomic E-state index is 0.0838. The lowest BCUT2D eigenvalue weighted by molar-refractivity contribution is -0.142. The van der Waals surface area contributed by atoms with Crippen LogP contribution in [0, 0.1) is 47.1 Å². The minimum Gasteiger partial charge on any atom is -0.309 e. The summed E-state index contributed by atoms with van der Waals surface area (Å²) in [5, 5.41) is 31.8. The second-order valence-corrected chi connectivity index (χ2v) is 14.3. The van der Waals surface area contributed by atoms with Crippen molar-refractivity contribution < 1.29 is 26.3 Å². The van der Waals surface area contributed by atoms with Crippen LogP contribution in [0.2, 0.25) is 0 Å². The molecule has 0 aliphatic carbocycles. The van der Waals surface area contributed by atoms with Crippen molar-refractivity contribution in [2.24, 2.45) is 0 Å². The molecule has 9 rings (SSSR count). The molecule has 0 fully saturated rings. The highest BCUT2D eigenvalue weighted by Crippen LogP contribution is 2.46. The number of fused-ring (bicyclic) bond motifs is 6. The molecule has 7 nitrogen and oxygen atoms in total. The Morgan fingerprint density at radius 1 is 0.468 bits per heavy atom. The molecule has 0 unspecified atom stereocenters. The molecule has 0 saturated heterocycles. The molecule has 294 valence electrons. The fourth-order valence-electron chi connectivity index (χ4n) is 8.15. The lowest BCUT2D eigenvalue weighted by atomic mass is 9.92. The molecule has 62 heavy (non-hydrogen) atoms. The largest absolute Gasteiger partial charge is 0.417 e. The van der Waals surface area contributed by atoms with Gasteiger partial charge in [0.1, 0.15) is 0 Å². The quantitative estimate of drug-likeness (QED) is 0.131. The summed E-state index contributed by atoms with van der Waals surface area (Å²) in [6.45, 7) is 15.9. The number of aromatic nitrogens is 2. The summed E-state index contributed by atoms with van der Waals surface area (Å²) in [4.78, 5) is 7.39. The summed E-state index contributed by atoms with van der Waals surface area (Å²) < 4.78 is 89.1. The highest BCUT2D eigenvalue weighted by Gasteiger charge is 2.38. The molecule has 0 N–H and O–H groups in total. The van der Waals surface area contributed by atoms with Crippen molar-refractivity contribution in [2.75, 3.05) is 0 Å². The van der Waals surface area contributed by atoms with Crippen LogP contribution in [-0.4, -0.2) is 9.13 Å². The Bertz CT molecular complexity index is 3490. The molecule has 2 heterocycles. The number of alkyl halides is 6. The van der Waals surface area contributed by atoms with Gasteiger partial charge in [0.2, 0.25) is 0 Å². The highest BCUT2D eigenvalue weighted by atomic mass is 19.4. The Hall–Kier alpha value is -8.83. The zero-order valence-corrected chi connectivity index (χ0v) is 31.5. The lowest BCUT2D eigenvalue weighted by Crippen LogP contribution is -2.12. The minimum atomic E-state index is -5.18. The lowest BCUT2D eigenvalue weighted by Gasteiger charge is -2.20. The number of hydrogen-bond donors (Lipinski definition) is 0. The summed E-state index contributed by atoms with van der Waals surface area (Å²) in [6.07, 6.45) is -10.2. The Morgan fingerprint density at radius 3 is 1.53 bits per heavy atom. The third kappa shape index (κ3) is 6.20. The molecular formula is C49H21F6N7. The van der Waals surface area contributed by atoms with Gasteiger partial charge in [0.05, 0.1) is 86.9 Å². The van der Waals surface area contributed by atoms with E-state index in [2.05, 4.69) is 27.9 Å². The average molecular weight is 822 g/mol. The molecule has 0 aliphatic rings. The molecule has 0 atom stereocenters. The van der Waals surface area contributed by atoms with Gasteiger partial charge in [0.25, 0.3) is 0 Å². The SMILES string of the molecule is [C-]#[N+]c1ccc2c(c1)c1cc(C#N)ccc1n2-c1ccc(-c2ccc(C(F)(F)F)cc2C(F)(F)F)cc1-c1cc(-n2c3ccc(C#N)cc3c3cc(C#N)ccc32)ccc1[N+]#[C-]. The van der Waals surface area contributed by atoms with Gasteiger partial charge in [-0.15, -0.1) is 0 Å². The molecule has 7 aromatic carbocycles. The average Bonchev–Trinajstić information content (AvgIpc) is 3.78. The van der Waals surface area contributed by atoms with Crippen LogP contribution < -0.4 is 0 Å². The standard InChI is InChI=1S/C49H21F6N7/c1-59-32-8-16-47-40(22-32)38-19-29(26-58)5-14-45(38)62(47)46-15-6-30(34-10-7-31(48(50,51)52)21-41(34)49(53,54)55)20-39(46)35-23-33(9-11-42(35)60-2)61-43-12-3-27(24-56)17-36(43)37-18-28(25-57)4-13-44(37)61/h3-23H. The third-order valence-corrected chi connectivity index (χ3v) is 10.9. The van der Waals surface area contributed by atoms with Crippen molar-refractivity contribution in [3.8, 4) is 51.8 Å². The maximum atomic E-state index is 14.7. The fraction of sp³-hybridized carbons (Fsp3) is 0.0408. The Kier molecular flexibility index (Phi) is 8.84. The van der Waals surface area contributed by atoms with Crippen LogP contribution in [0.5, 0.6) is 0 Å². The first-order chi connectivity index (χ1) is 29.8. The van der Waals surface area contributed by atoms with Gasteiger partial charge in [-0.05, 0) is 131 Å². The van der Waals surface area contributed by atoms with E-state index in [-0.39, 0.29) is 28.4 Å². The predicted octanol–water partition coefficient (Wildman–Crippen LogP) is 14.0. The zero-order valence-electron chi connectivity index (χ0n) is 31.5. The third-order valence-electron chi connectivity index (χ3n) is 10.9. The van der Waals surface area contributed by atoms with Gasteiger partial charge in [-0.25, -0.2) is 9.69 Å². The summed E-state index contributed by atoms with van der Waals surface area (Å²) >= 11 is 0. The van der Waals surface area contributed by atoms with Gasteiger partial charge in [-0.1, -0.05) is 24.3 Å². The molecule has 9 aromatic rings. The number of nitriles is 3. The highest BCUT2D eigenvalue weighted by molar-refractivity contribution is 6.12. The molecule has 0 radical (unpaired) electrons. The van der Waals surface area contributed by atoms with E-state index < -0.39 is 29.0 Å². The summed E-state index contributed by atoms with van der Waals surface area (Å²) in [7, 11) is 0. The van der Waals surface area contributed by atoms with E-state index in [1.54, 1.807) is 91.0 Å². The Morgan fingerprint density at radius 2 is 1.02 bits per heavy atom. The van der Waals surface area contributed by atoms with E-state index in [1.807, 2.05) is 9.13 Å². The van der Waals surface area contributed by atoms with Gasteiger partial charge >= 0.3 is 12.4 Å². The van der Waals surface area contributed by atoms with Crippen LogP contribution in [0.3, 0.4) is 0 Å². The molecule has 0 aliphatic heterocycles. The van der Waals surface area contributed by atoms with Crippen LogP contribution in [-0.2, 0) is 12.4 Å². The molecular weight excluding hydrogens is 801 g/mol. The number of rotatable bonds is 4. The smallest absolute Gasteiger partial charge is 0.309 e. The van der Waals surface area contributed by atoms with Crippen molar-refractivity contribution in [2.45, 2.75) is 12.4 Å². The van der Waals surface area contributed by atoms with Gasteiger partial charge in [0, 0.05) is 21.8 Å². The van der Waals surface area contributed by atoms with E-state index >= 15 is 0 Å². The first-order valence-corrected chi connectivity index (χ1v) is 18.5. The van der Waals surface area contributed by atoms with Crippen molar-refractivity contribution >= 4 is 55.0 Å². The Labute approximate surface area is 347 Å². The van der Waals surface area contributed by atoms with Gasteiger partial charge < -0.3 is 9.13 Å². The molecule has 2 aromatic heterocycles. The normalized spacial score (nSPS) is 11.6. The fourth-order valence-corrected chi connectivity index (χ4v) is 8.15. The maximum Gasteiger partial charge on any atom is 0.417 e. The summed E-state index contributed by atoms with van der Waals surface area (Å²) in [5.41, 5.74) is 1.71. The van der Waals surface area contributed by atoms with Crippen molar-refractivity contribution in [1.82, 2.24) is 9.13 Å². The predicted molar refractivity (Wildman–Crippen MR) is 223 cm³/mol. The van der Waals surface area contributed by atoms with Gasteiger partial charge in [-0.3, -0.25) is 0 Å². The second kappa shape index (κ2) is 14.2. The molecule has 0 saturated carbocycles. The van der Waals surface area contributed by atoms with E-state index in [4.69, 9.17) is 13.1 Å². The molecule has 0 bridgehead atoms. The van der Waals surface area contributed by atoms with E-state index in [1.165, 1.54) is 18.2 Å². The monoisotopic (exact) mass is 821 g/mol. The van der Waals surface area contributed by atoms with Crippen molar-refractivity contribution in [1.29, 1.82) is 15.8 Å². The molecule has 13 heteroatoms. The zero-order chi connectivity index (χ0) is 43.7. The first-order valence-electron chi connectivity index (χ1n) is 18.5.